The molecule has 0 spiro atoms. The summed E-state index contributed by atoms with van der Waals surface area (Å²) in [7, 11) is 0.716. The van der Waals surface area contributed by atoms with E-state index in [0.717, 1.165) is 0 Å². The first-order chi connectivity index (χ1) is 7.04. The van der Waals surface area contributed by atoms with Crippen molar-refractivity contribution >= 4 is 29.7 Å². The predicted octanol–water partition coefficient (Wildman–Crippen LogP) is -1.17. The summed E-state index contributed by atoms with van der Waals surface area (Å²) in [6, 6.07) is 6.38. The Morgan fingerprint density at radius 3 is 2.67 bits per heavy atom. The van der Waals surface area contributed by atoms with Gasteiger partial charge in [0, 0.05) is 0 Å². The van der Waals surface area contributed by atoms with E-state index in [9.17, 15) is 8.42 Å². The van der Waals surface area contributed by atoms with Crippen LogP contribution in [0.5, 0.6) is 0 Å². The van der Waals surface area contributed by atoms with E-state index in [1.165, 1.54) is 12.1 Å². The van der Waals surface area contributed by atoms with Crippen LogP contribution in [0.4, 0.5) is 5.69 Å². The second kappa shape index (κ2) is 4.62. The van der Waals surface area contributed by atoms with Crippen LogP contribution in [-0.2, 0) is 10.9 Å². The Balaban J connectivity index is 3.29. The van der Waals surface area contributed by atoms with Gasteiger partial charge in [-0.15, -0.1) is 0 Å². The third-order valence-electron chi connectivity index (χ3n) is 1.71. The topological polar surface area (TPSA) is 96.0 Å². The number of hydrogen-bond acceptors (Lipinski definition) is 4. The zero-order valence-electron chi connectivity index (χ0n) is 7.73. The quantitative estimate of drug-likeness (QED) is 0.442. The van der Waals surface area contributed by atoms with Crippen molar-refractivity contribution in [2.45, 2.75) is 0 Å². The van der Waals surface area contributed by atoms with Crippen molar-refractivity contribution in [3.8, 4) is 6.07 Å². The van der Waals surface area contributed by atoms with Crippen LogP contribution in [-0.4, -0.2) is 21.5 Å². The van der Waals surface area contributed by atoms with Gasteiger partial charge in [0.1, 0.15) is 0 Å². The Bertz CT molecular complexity index is 511. The fourth-order valence-electron chi connectivity index (χ4n) is 1.08. The molecule has 0 aliphatic carbocycles. The van der Waals surface area contributed by atoms with E-state index in [1.807, 2.05) is 6.07 Å². The molecule has 5 nitrogen and oxygen atoms in total. The first kappa shape index (κ1) is 11.3. The Morgan fingerprint density at radius 2 is 2.20 bits per heavy atom. The zero-order chi connectivity index (χ0) is 11.4. The average Bonchev–Trinajstić information content (AvgIpc) is 2.16. The molecule has 0 amide bonds. The summed E-state index contributed by atoms with van der Waals surface area (Å²) in [5, 5.41) is 8.64. The third kappa shape index (κ3) is 2.82. The molecule has 0 unspecified atom stereocenters. The van der Waals surface area contributed by atoms with E-state index in [4.69, 9.17) is 11.0 Å². The SMILES string of the molecule is B=C(N)c1ccc(C#N)cc1N[SH](=O)=O. The number of anilines is 1. The number of hydrogen-bond donors (Lipinski definition) is 3. The van der Waals surface area contributed by atoms with Crippen molar-refractivity contribution in [1.82, 2.24) is 0 Å². The molecule has 0 bridgehead atoms. The van der Waals surface area contributed by atoms with Gasteiger partial charge in [-0.25, -0.2) is 0 Å². The summed E-state index contributed by atoms with van der Waals surface area (Å²) in [5.41, 5.74) is 6.78. The maximum atomic E-state index is 10.5. The van der Waals surface area contributed by atoms with Gasteiger partial charge in [0.2, 0.25) is 0 Å². The molecule has 15 heavy (non-hydrogen) atoms. The van der Waals surface area contributed by atoms with Crippen molar-refractivity contribution in [2.75, 3.05) is 4.72 Å². The molecule has 7 heteroatoms. The number of benzene rings is 1. The zero-order valence-corrected chi connectivity index (χ0v) is 8.62. The molecule has 3 N–H and O–H groups in total. The molecule has 76 valence electrons. The Labute approximate surface area is 89.7 Å². The van der Waals surface area contributed by atoms with Crippen LogP contribution in [0.1, 0.15) is 11.1 Å². The third-order valence-corrected chi connectivity index (χ3v) is 2.13. The van der Waals surface area contributed by atoms with E-state index in [1.54, 1.807) is 6.07 Å². The summed E-state index contributed by atoms with van der Waals surface area (Å²) >= 11 is 0. The van der Waals surface area contributed by atoms with Gasteiger partial charge in [0.15, 0.2) is 0 Å². The summed E-state index contributed by atoms with van der Waals surface area (Å²) in [4.78, 5) is 0. The van der Waals surface area contributed by atoms with Crippen LogP contribution in [0.25, 0.3) is 0 Å². The summed E-state index contributed by atoms with van der Waals surface area (Å²) < 4.78 is 23.2. The van der Waals surface area contributed by atoms with E-state index in [2.05, 4.69) is 12.2 Å². The van der Waals surface area contributed by atoms with E-state index < -0.39 is 10.9 Å². The van der Waals surface area contributed by atoms with E-state index in [-0.39, 0.29) is 11.3 Å². The minimum absolute atomic E-state index is 0.235. The van der Waals surface area contributed by atoms with Gasteiger partial charge in [0.25, 0.3) is 0 Å². The normalized spacial score (nSPS) is 9.53. The van der Waals surface area contributed by atoms with Gasteiger partial charge in [-0.1, -0.05) is 0 Å². The van der Waals surface area contributed by atoms with Crippen LogP contribution in [0.15, 0.2) is 18.2 Å². The monoisotopic (exact) mass is 221 g/mol. The van der Waals surface area contributed by atoms with Crippen LogP contribution in [0.2, 0.25) is 0 Å². The van der Waals surface area contributed by atoms with Crippen molar-refractivity contribution in [1.29, 1.82) is 5.26 Å². The Hall–Kier alpha value is -1.81. The van der Waals surface area contributed by atoms with Gasteiger partial charge in [-0.3, -0.25) is 0 Å². The number of thiol groups is 1. The second-order valence-electron chi connectivity index (χ2n) is 2.77. The molecule has 0 aliphatic rings. The number of nitrogens with zero attached hydrogens (tertiary/aromatic N) is 1. The fourth-order valence-corrected chi connectivity index (χ4v) is 1.47. The van der Waals surface area contributed by atoms with Gasteiger partial charge in [-0.2, -0.15) is 0 Å². The number of nitrogens with one attached hydrogen (secondary N) is 1. The predicted molar refractivity (Wildman–Crippen MR) is 60.5 cm³/mol. The number of nitriles is 1. The molecular formula is C8H8BN3O2S. The van der Waals surface area contributed by atoms with Crippen LogP contribution >= 0.6 is 0 Å². The number of rotatable bonds is 3. The van der Waals surface area contributed by atoms with Gasteiger partial charge in [-0.05, 0) is 0 Å². The first-order valence-corrected chi connectivity index (χ1v) is 5.12. The van der Waals surface area contributed by atoms with Gasteiger partial charge in [0.05, 0.1) is 0 Å². The summed E-state index contributed by atoms with van der Waals surface area (Å²) in [6.07, 6.45) is 0. The molecule has 0 aliphatic heterocycles. The fraction of sp³-hybridized carbons (Fsp3) is 0. The molecule has 0 aromatic heterocycles. The van der Waals surface area contributed by atoms with Crippen molar-refractivity contribution in [2.24, 2.45) is 5.73 Å². The van der Waals surface area contributed by atoms with Crippen molar-refractivity contribution < 1.29 is 8.42 Å². The van der Waals surface area contributed by atoms with Crippen LogP contribution < -0.4 is 10.5 Å². The molecule has 1 rings (SSSR count). The number of nitrogens with two attached hydrogens (primary N) is 1. The Morgan fingerprint density at radius 1 is 1.53 bits per heavy atom. The van der Waals surface area contributed by atoms with Crippen molar-refractivity contribution in [3.63, 3.8) is 0 Å². The molecule has 0 saturated carbocycles. The van der Waals surface area contributed by atoms with Crippen LogP contribution in [0, 0.1) is 11.3 Å². The standard InChI is InChI=1S/C8H8BN3O2S/c9-8(11)6-2-1-5(4-10)3-7(6)12-15(13)14/h1-3,9,15H,11H2,(H,12,13,14). The summed E-state index contributed by atoms with van der Waals surface area (Å²) in [6.45, 7) is 0. The minimum atomic E-state index is -2.79. The molecule has 0 fully saturated rings. The van der Waals surface area contributed by atoms with Gasteiger partial charge < -0.3 is 0 Å². The van der Waals surface area contributed by atoms with Gasteiger partial charge >= 0.3 is 89.2 Å². The Kier molecular flexibility index (Phi) is 3.47. The maximum absolute atomic E-state index is 10.5. The first-order valence-electron chi connectivity index (χ1n) is 3.94. The summed E-state index contributed by atoms with van der Waals surface area (Å²) in [5.74, 6) is 0. The molecule has 1 aromatic carbocycles. The molecular weight excluding hydrogens is 213 g/mol. The molecule has 0 radical (unpaired) electrons. The van der Waals surface area contributed by atoms with E-state index >= 15 is 0 Å². The average molecular weight is 221 g/mol. The molecule has 1 aromatic rings. The molecule has 0 atom stereocenters. The van der Waals surface area contributed by atoms with Crippen molar-refractivity contribution in [3.05, 3.63) is 29.3 Å². The second-order valence-corrected chi connectivity index (χ2v) is 3.50. The molecule has 0 saturated heterocycles. The van der Waals surface area contributed by atoms with Crippen LogP contribution in [0.3, 0.4) is 0 Å². The van der Waals surface area contributed by atoms with E-state index in [0.29, 0.717) is 11.1 Å². The molecule has 0 heterocycles.